The van der Waals surface area contributed by atoms with Crippen molar-refractivity contribution in [1.82, 2.24) is 5.32 Å². The number of benzene rings is 2. The Balaban J connectivity index is 1.99. The lowest BCUT2D eigenvalue weighted by Crippen LogP contribution is -2.27. The van der Waals surface area contributed by atoms with Gasteiger partial charge in [0.25, 0.3) is 11.8 Å². The van der Waals surface area contributed by atoms with E-state index in [1.807, 2.05) is 45.0 Å². The van der Waals surface area contributed by atoms with Crippen LogP contribution < -0.4 is 10.6 Å². The Bertz CT molecular complexity index is 674. The maximum absolute atomic E-state index is 12.2. The highest BCUT2D eigenvalue weighted by atomic mass is 16.2. The molecule has 0 saturated heterocycles. The molecule has 2 aromatic rings. The van der Waals surface area contributed by atoms with E-state index in [1.54, 1.807) is 24.3 Å². The molecule has 0 spiro atoms. The van der Waals surface area contributed by atoms with Crippen molar-refractivity contribution in [2.45, 2.75) is 20.8 Å². The Morgan fingerprint density at radius 3 is 1.91 bits per heavy atom. The zero-order chi connectivity index (χ0) is 16.8. The number of carbonyl (C=O) groups excluding carboxylic acids is 2. The van der Waals surface area contributed by atoms with Crippen LogP contribution >= 0.6 is 0 Å². The van der Waals surface area contributed by atoms with E-state index in [0.29, 0.717) is 23.6 Å². The van der Waals surface area contributed by atoms with E-state index < -0.39 is 0 Å². The summed E-state index contributed by atoms with van der Waals surface area (Å²) < 4.78 is 0. The molecule has 23 heavy (non-hydrogen) atoms. The number of carbonyl (C=O) groups is 2. The number of rotatable bonds is 5. The molecule has 0 atom stereocenters. The molecular formula is C19H22N2O2. The lowest BCUT2D eigenvalue weighted by atomic mass is 10.1. The first-order chi connectivity index (χ1) is 11.0. The van der Waals surface area contributed by atoms with Gasteiger partial charge in [-0.25, -0.2) is 0 Å². The second-order valence-corrected chi connectivity index (χ2v) is 6.00. The molecule has 0 bridgehead atoms. The molecule has 0 saturated carbocycles. The highest BCUT2D eigenvalue weighted by Gasteiger charge is 2.09. The van der Waals surface area contributed by atoms with Gasteiger partial charge >= 0.3 is 0 Å². The predicted molar refractivity (Wildman–Crippen MR) is 92.7 cm³/mol. The summed E-state index contributed by atoms with van der Waals surface area (Å²) in [5, 5.41) is 5.69. The second-order valence-electron chi connectivity index (χ2n) is 6.00. The van der Waals surface area contributed by atoms with E-state index in [9.17, 15) is 9.59 Å². The van der Waals surface area contributed by atoms with Crippen molar-refractivity contribution in [3.05, 3.63) is 65.2 Å². The molecule has 4 nitrogen and oxygen atoms in total. The van der Waals surface area contributed by atoms with E-state index in [-0.39, 0.29) is 11.8 Å². The normalized spacial score (nSPS) is 10.4. The summed E-state index contributed by atoms with van der Waals surface area (Å²) in [7, 11) is 0. The fraction of sp³-hybridized carbons (Fsp3) is 0.263. The first kappa shape index (κ1) is 16.7. The van der Waals surface area contributed by atoms with Gasteiger partial charge in [0.15, 0.2) is 0 Å². The SMILES string of the molecule is Cc1ccc(NC(=O)c2ccc(C(=O)NCC(C)C)cc2)cc1. The fourth-order valence-electron chi connectivity index (χ4n) is 2.01. The van der Waals surface area contributed by atoms with Crippen molar-refractivity contribution < 1.29 is 9.59 Å². The maximum atomic E-state index is 12.2. The average Bonchev–Trinajstić information content (AvgIpc) is 2.55. The van der Waals surface area contributed by atoms with Crippen LogP contribution in [0.1, 0.15) is 40.1 Å². The molecule has 4 heteroatoms. The van der Waals surface area contributed by atoms with Crippen LogP contribution in [0.3, 0.4) is 0 Å². The third kappa shape index (κ3) is 4.95. The van der Waals surface area contributed by atoms with Gasteiger partial charge in [0.2, 0.25) is 0 Å². The summed E-state index contributed by atoms with van der Waals surface area (Å²) in [6, 6.07) is 14.3. The summed E-state index contributed by atoms with van der Waals surface area (Å²) in [5.41, 5.74) is 2.96. The third-order valence-corrected chi connectivity index (χ3v) is 3.39. The number of hydrogen-bond acceptors (Lipinski definition) is 2. The van der Waals surface area contributed by atoms with Crippen LogP contribution in [0.15, 0.2) is 48.5 Å². The molecule has 2 aromatic carbocycles. The molecule has 0 radical (unpaired) electrons. The summed E-state index contributed by atoms with van der Waals surface area (Å²) in [4.78, 5) is 24.1. The number of anilines is 1. The van der Waals surface area contributed by atoms with Gasteiger partial charge in [-0.2, -0.15) is 0 Å². The molecule has 0 heterocycles. The number of aryl methyl sites for hydroxylation is 1. The average molecular weight is 310 g/mol. The molecule has 0 aliphatic heterocycles. The van der Waals surface area contributed by atoms with Crippen molar-refractivity contribution in [2.24, 2.45) is 5.92 Å². The molecular weight excluding hydrogens is 288 g/mol. The van der Waals surface area contributed by atoms with E-state index in [0.717, 1.165) is 11.3 Å². The first-order valence-corrected chi connectivity index (χ1v) is 7.72. The topological polar surface area (TPSA) is 58.2 Å². The third-order valence-electron chi connectivity index (χ3n) is 3.39. The molecule has 2 rings (SSSR count). The summed E-state index contributed by atoms with van der Waals surface area (Å²) >= 11 is 0. The molecule has 0 unspecified atom stereocenters. The van der Waals surface area contributed by atoms with Crippen LogP contribution in [0.25, 0.3) is 0 Å². The molecule has 2 amide bonds. The van der Waals surface area contributed by atoms with Crippen molar-refractivity contribution in [3.8, 4) is 0 Å². The Kier molecular flexibility index (Phi) is 5.52. The number of hydrogen-bond donors (Lipinski definition) is 2. The van der Waals surface area contributed by atoms with E-state index in [4.69, 9.17) is 0 Å². The maximum Gasteiger partial charge on any atom is 0.255 e. The minimum Gasteiger partial charge on any atom is -0.352 e. The lowest BCUT2D eigenvalue weighted by molar-refractivity contribution is 0.0947. The van der Waals surface area contributed by atoms with Gasteiger partial charge in [-0.3, -0.25) is 9.59 Å². The lowest BCUT2D eigenvalue weighted by Gasteiger charge is -2.09. The Morgan fingerprint density at radius 1 is 0.870 bits per heavy atom. The van der Waals surface area contributed by atoms with E-state index in [2.05, 4.69) is 10.6 Å². The van der Waals surface area contributed by atoms with Crippen LogP contribution in [0.5, 0.6) is 0 Å². The molecule has 0 aromatic heterocycles. The van der Waals surface area contributed by atoms with E-state index in [1.165, 1.54) is 0 Å². The fourth-order valence-corrected chi connectivity index (χ4v) is 2.01. The Morgan fingerprint density at radius 2 is 1.39 bits per heavy atom. The van der Waals surface area contributed by atoms with Gasteiger partial charge in [0, 0.05) is 23.4 Å². The van der Waals surface area contributed by atoms with Gasteiger partial charge in [0.1, 0.15) is 0 Å². The number of nitrogens with one attached hydrogen (secondary N) is 2. The molecule has 120 valence electrons. The monoisotopic (exact) mass is 310 g/mol. The Hall–Kier alpha value is -2.62. The van der Waals surface area contributed by atoms with Gasteiger partial charge in [0.05, 0.1) is 0 Å². The van der Waals surface area contributed by atoms with Crippen LogP contribution in [0.4, 0.5) is 5.69 Å². The highest BCUT2D eigenvalue weighted by Crippen LogP contribution is 2.11. The number of amides is 2. The summed E-state index contributed by atoms with van der Waals surface area (Å²) in [5.74, 6) is 0.0886. The van der Waals surface area contributed by atoms with Crippen LogP contribution in [0.2, 0.25) is 0 Å². The molecule has 0 aliphatic rings. The van der Waals surface area contributed by atoms with Crippen molar-refractivity contribution >= 4 is 17.5 Å². The predicted octanol–water partition coefficient (Wildman–Crippen LogP) is 3.63. The summed E-state index contributed by atoms with van der Waals surface area (Å²) in [6.45, 7) is 6.71. The van der Waals surface area contributed by atoms with Gasteiger partial charge in [-0.1, -0.05) is 31.5 Å². The summed E-state index contributed by atoms with van der Waals surface area (Å²) in [6.07, 6.45) is 0. The zero-order valence-corrected chi connectivity index (χ0v) is 13.7. The molecule has 0 aliphatic carbocycles. The van der Waals surface area contributed by atoms with Crippen LogP contribution in [-0.2, 0) is 0 Å². The van der Waals surface area contributed by atoms with Crippen LogP contribution in [-0.4, -0.2) is 18.4 Å². The smallest absolute Gasteiger partial charge is 0.255 e. The van der Waals surface area contributed by atoms with Gasteiger partial charge in [-0.15, -0.1) is 0 Å². The van der Waals surface area contributed by atoms with Crippen molar-refractivity contribution in [1.29, 1.82) is 0 Å². The zero-order valence-electron chi connectivity index (χ0n) is 13.7. The van der Waals surface area contributed by atoms with Crippen molar-refractivity contribution in [3.63, 3.8) is 0 Å². The minimum absolute atomic E-state index is 0.121. The largest absolute Gasteiger partial charge is 0.352 e. The molecule has 2 N–H and O–H groups in total. The Labute approximate surface area is 136 Å². The van der Waals surface area contributed by atoms with Gasteiger partial charge in [-0.05, 0) is 49.2 Å². The van der Waals surface area contributed by atoms with E-state index >= 15 is 0 Å². The van der Waals surface area contributed by atoms with Crippen molar-refractivity contribution in [2.75, 3.05) is 11.9 Å². The van der Waals surface area contributed by atoms with Gasteiger partial charge < -0.3 is 10.6 Å². The second kappa shape index (κ2) is 7.58. The quantitative estimate of drug-likeness (QED) is 0.886. The first-order valence-electron chi connectivity index (χ1n) is 7.72. The molecule has 0 fully saturated rings. The minimum atomic E-state index is -0.192. The highest BCUT2D eigenvalue weighted by molar-refractivity contribution is 6.05. The standard InChI is InChI=1S/C19H22N2O2/c1-13(2)12-20-18(22)15-6-8-16(9-7-15)19(23)21-17-10-4-14(3)5-11-17/h4-11,13H,12H2,1-3H3,(H,20,22)(H,21,23). The van der Waals surface area contributed by atoms with Crippen LogP contribution in [0, 0.1) is 12.8 Å².